The SMILES string of the molecule is CC#N.CC#N.[Cl-].[Cl-].[Cl-].[Cl-].[Mo+4]. The zero-order valence-corrected chi connectivity index (χ0v) is 10.8. The Morgan fingerprint density at radius 1 is 0.727 bits per heavy atom. The Hall–Kier alpha value is 0.828. The van der Waals surface area contributed by atoms with E-state index in [9.17, 15) is 0 Å². The second-order valence-corrected chi connectivity index (χ2v) is 0.447. The summed E-state index contributed by atoms with van der Waals surface area (Å²) in [5.74, 6) is 0. The molecule has 2 nitrogen and oxygen atoms in total. The van der Waals surface area contributed by atoms with Crippen LogP contribution in [0.1, 0.15) is 13.8 Å². The molecular formula is C4H6Cl4MoN2. The van der Waals surface area contributed by atoms with Crippen molar-refractivity contribution in [1.29, 1.82) is 10.5 Å². The molecule has 0 N–H and O–H groups in total. The molecule has 0 saturated heterocycles. The summed E-state index contributed by atoms with van der Waals surface area (Å²) in [6.45, 7) is 2.86. The third kappa shape index (κ3) is 1230. The second kappa shape index (κ2) is 131. The standard InChI is InChI=1S/2C2H3N.4ClH.Mo/c2*1-2-3;;;;;/h2*1H3;4*1H;/q;;;;;;+4/p-4. The predicted octanol–water partition coefficient (Wildman–Crippen LogP) is -10.9. The van der Waals surface area contributed by atoms with Gasteiger partial charge in [-0.1, -0.05) is 0 Å². The number of nitriles is 2. The van der Waals surface area contributed by atoms with Gasteiger partial charge in [-0.05, 0) is 0 Å². The summed E-state index contributed by atoms with van der Waals surface area (Å²) in [7, 11) is 0. The first-order valence-corrected chi connectivity index (χ1v) is 1.45. The summed E-state index contributed by atoms with van der Waals surface area (Å²) in [4.78, 5) is 0. The Labute approximate surface area is 107 Å². The molecule has 0 aliphatic carbocycles. The third-order valence-corrected chi connectivity index (χ3v) is 0. The maximum absolute atomic E-state index is 7.32. The number of hydrogen-bond donors (Lipinski definition) is 0. The summed E-state index contributed by atoms with van der Waals surface area (Å²) >= 11 is 0. The minimum absolute atomic E-state index is 0. The molecule has 0 bridgehead atoms. The van der Waals surface area contributed by atoms with Crippen LogP contribution in [0.2, 0.25) is 0 Å². The molecule has 0 rings (SSSR count). The Balaban J connectivity index is -0.00000000400. The molecule has 0 unspecified atom stereocenters. The van der Waals surface area contributed by atoms with Gasteiger partial charge >= 0.3 is 21.1 Å². The molecule has 0 aliphatic rings. The monoisotopic (exact) mass is 320 g/mol. The molecule has 0 amide bonds. The van der Waals surface area contributed by atoms with Crippen molar-refractivity contribution in [2.24, 2.45) is 0 Å². The molecule has 11 heavy (non-hydrogen) atoms. The van der Waals surface area contributed by atoms with Gasteiger partial charge in [0.15, 0.2) is 0 Å². The van der Waals surface area contributed by atoms with E-state index in [0.717, 1.165) is 0 Å². The van der Waals surface area contributed by atoms with Crippen molar-refractivity contribution < 1.29 is 70.7 Å². The van der Waals surface area contributed by atoms with Crippen LogP contribution in [0.25, 0.3) is 0 Å². The van der Waals surface area contributed by atoms with Crippen molar-refractivity contribution in [2.45, 2.75) is 13.8 Å². The molecule has 0 fully saturated rings. The zero-order valence-electron chi connectivity index (χ0n) is 5.81. The molecule has 0 aromatic carbocycles. The van der Waals surface area contributed by atoms with Gasteiger partial charge in [-0.25, -0.2) is 0 Å². The van der Waals surface area contributed by atoms with E-state index in [1.165, 1.54) is 13.8 Å². The normalized spacial score (nSPS) is 1.45. The van der Waals surface area contributed by atoms with Gasteiger partial charge in [-0.15, -0.1) is 0 Å². The van der Waals surface area contributed by atoms with Gasteiger partial charge in [0.1, 0.15) is 0 Å². The summed E-state index contributed by atoms with van der Waals surface area (Å²) in [6, 6.07) is 3.50. The van der Waals surface area contributed by atoms with Crippen LogP contribution in [-0.2, 0) is 21.1 Å². The first kappa shape index (κ1) is 59.5. The first-order valence-electron chi connectivity index (χ1n) is 1.45. The van der Waals surface area contributed by atoms with Gasteiger partial charge in [0, 0.05) is 13.8 Å². The maximum atomic E-state index is 7.32. The topological polar surface area (TPSA) is 47.6 Å². The number of hydrogen-bond acceptors (Lipinski definition) is 2. The third-order valence-electron chi connectivity index (χ3n) is 0. The molecule has 0 radical (unpaired) electrons. The largest absolute Gasteiger partial charge is 4.00 e. The van der Waals surface area contributed by atoms with Crippen LogP contribution < -0.4 is 49.6 Å². The molecule has 0 heterocycles. The van der Waals surface area contributed by atoms with Crippen LogP contribution in [0.5, 0.6) is 0 Å². The summed E-state index contributed by atoms with van der Waals surface area (Å²) in [6.07, 6.45) is 0. The van der Waals surface area contributed by atoms with Crippen LogP contribution in [0.3, 0.4) is 0 Å². The average molecular weight is 320 g/mol. The minimum Gasteiger partial charge on any atom is -1.00 e. The van der Waals surface area contributed by atoms with E-state index in [1.807, 2.05) is 0 Å². The van der Waals surface area contributed by atoms with Gasteiger partial charge in [-0.3, -0.25) is 0 Å². The van der Waals surface area contributed by atoms with Crippen LogP contribution in [0.4, 0.5) is 0 Å². The van der Waals surface area contributed by atoms with E-state index in [2.05, 4.69) is 0 Å². The van der Waals surface area contributed by atoms with E-state index in [1.54, 1.807) is 12.1 Å². The van der Waals surface area contributed by atoms with Crippen molar-refractivity contribution >= 4 is 0 Å². The fourth-order valence-electron chi connectivity index (χ4n) is 0. The summed E-state index contributed by atoms with van der Waals surface area (Å²) in [5, 5.41) is 14.6. The zero-order chi connectivity index (χ0) is 5.41. The van der Waals surface area contributed by atoms with Crippen molar-refractivity contribution in [3.8, 4) is 12.1 Å². The molecule has 66 valence electrons. The summed E-state index contributed by atoms with van der Waals surface area (Å²) in [5.41, 5.74) is 0. The molecular weight excluding hydrogens is 314 g/mol. The number of rotatable bonds is 0. The van der Waals surface area contributed by atoms with Gasteiger partial charge < -0.3 is 49.6 Å². The van der Waals surface area contributed by atoms with Crippen molar-refractivity contribution in [2.75, 3.05) is 0 Å². The quantitative estimate of drug-likeness (QED) is 0.416. The molecule has 0 aromatic rings. The maximum Gasteiger partial charge on any atom is 4.00 e. The van der Waals surface area contributed by atoms with Crippen LogP contribution in [0, 0.1) is 22.7 Å². The smallest absolute Gasteiger partial charge is 1.00 e. The molecule has 7 heteroatoms. The van der Waals surface area contributed by atoms with E-state index in [-0.39, 0.29) is 70.7 Å². The molecule has 0 spiro atoms. The fraction of sp³-hybridized carbons (Fsp3) is 0.500. The number of nitrogens with zero attached hydrogens (tertiary/aromatic N) is 2. The molecule has 0 atom stereocenters. The van der Waals surface area contributed by atoms with Gasteiger partial charge in [0.05, 0.1) is 12.1 Å². The Morgan fingerprint density at radius 3 is 0.727 bits per heavy atom. The van der Waals surface area contributed by atoms with Crippen molar-refractivity contribution in [1.82, 2.24) is 0 Å². The van der Waals surface area contributed by atoms with Crippen LogP contribution in [0.15, 0.2) is 0 Å². The molecule has 0 saturated carbocycles. The molecule has 0 aliphatic heterocycles. The van der Waals surface area contributed by atoms with Crippen LogP contribution >= 0.6 is 0 Å². The van der Waals surface area contributed by atoms with Gasteiger partial charge in [-0.2, -0.15) is 10.5 Å². The minimum atomic E-state index is 0. The van der Waals surface area contributed by atoms with E-state index < -0.39 is 0 Å². The Kier molecular flexibility index (Phi) is 707. The van der Waals surface area contributed by atoms with E-state index >= 15 is 0 Å². The van der Waals surface area contributed by atoms with Crippen molar-refractivity contribution in [3.63, 3.8) is 0 Å². The van der Waals surface area contributed by atoms with Gasteiger partial charge in [0.25, 0.3) is 0 Å². The first-order chi connectivity index (χ1) is 2.83. The Bertz CT molecular complexity index is 75.1. The van der Waals surface area contributed by atoms with E-state index in [4.69, 9.17) is 10.5 Å². The number of halogens is 4. The predicted molar refractivity (Wildman–Crippen MR) is 22.6 cm³/mol. The fourth-order valence-corrected chi connectivity index (χ4v) is 0. The van der Waals surface area contributed by atoms with E-state index in [0.29, 0.717) is 0 Å². The van der Waals surface area contributed by atoms with Crippen LogP contribution in [-0.4, -0.2) is 0 Å². The summed E-state index contributed by atoms with van der Waals surface area (Å²) < 4.78 is 0. The average Bonchev–Trinajstić information content (AvgIpc) is 1.39. The molecule has 0 aromatic heterocycles. The Morgan fingerprint density at radius 2 is 0.727 bits per heavy atom. The van der Waals surface area contributed by atoms with Crippen molar-refractivity contribution in [3.05, 3.63) is 0 Å². The second-order valence-electron chi connectivity index (χ2n) is 0.447. The van der Waals surface area contributed by atoms with Gasteiger partial charge in [0.2, 0.25) is 0 Å².